The van der Waals surface area contributed by atoms with Crippen LogP contribution < -0.4 is 0 Å². The van der Waals surface area contributed by atoms with Gasteiger partial charge in [0.05, 0.1) is 6.20 Å². The van der Waals surface area contributed by atoms with Crippen molar-refractivity contribution in [2.75, 3.05) is 0 Å². The van der Waals surface area contributed by atoms with E-state index in [9.17, 15) is 0 Å². The minimum Gasteiger partial charge on any atom is -0.368 e. The lowest BCUT2D eigenvalue weighted by Gasteiger charge is -1.86. The molecule has 0 aromatic carbocycles. The first kappa shape index (κ1) is 9.13. The van der Waals surface area contributed by atoms with Crippen molar-refractivity contribution in [3.05, 3.63) is 37.1 Å². The Kier molecular flexibility index (Phi) is 2.86. The van der Waals surface area contributed by atoms with Gasteiger partial charge in [-0.1, -0.05) is 0 Å². The van der Waals surface area contributed by atoms with E-state index in [0.29, 0.717) is 11.2 Å². The molecule has 0 aliphatic carbocycles. The lowest BCUT2D eigenvalue weighted by molar-refractivity contribution is 0.787. The first-order valence-corrected chi connectivity index (χ1v) is 4.16. The second kappa shape index (κ2) is 4.70. The standard InChI is InChI=1S/C4H2N6.C4H5N/c1-3-4(6-2-5-1)8-10-9-7-3;1-2-4-5-3-1/h1-2H;1-5H. The van der Waals surface area contributed by atoms with Crippen LogP contribution in [-0.4, -0.2) is 35.6 Å². The Hall–Kier alpha value is -2.44. The molecule has 0 amide bonds. The molecule has 0 saturated carbocycles. The lowest BCUT2D eigenvalue weighted by Crippen LogP contribution is -1.94. The molecule has 0 fully saturated rings. The van der Waals surface area contributed by atoms with Gasteiger partial charge in [0.25, 0.3) is 0 Å². The largest absolute Gasteiger partial charge is 0.368 e. The van der Waals surface area contributed by atoms with Crippen LogP contribution in [0, 0.1) is 0 Å². The van der Waals surface area contributed by atoms with Gasteiger partial charge < -0.3 is 4.98 Å². The Morgan fingerprint density at radius 3 is 2.47 bits per heavy atom. The molecular formula is C8H7N7. The molecule has 0 bridgehead atoms. The number of aromatic amines is 1. The van der Waals surface area contributed by atoms with Crippen molar-refractivity contribution >= 4 is 11.2 Å². The highest BCUT2D eigenvalue weighted by Gasteiger charge is 1.93. The number of H-pyrrole nitrogens is 1. The third-order valence-corrected chi connectivity index (χ3v) is 1.50. The van der Waals surface area contributed by atoms with E-state index in [1.165, 1.54) is 12.5 Å². The number of hydrogen-bond acceptors (Lipinski definition) is 6. The predicted octanol–water partition coefficient (Wildman–Crippen LogP) is 0.224. The Labute approximate surface area is 84.6 Å². The molecule has 7 heteroatoms. The number of aromatic nitrogens is 7. The van der Waals surface area contributed by atoms with Crippen LogP contribution in [0.3, 0.4) is 0 Å². The molecule has 3 heterocycles. The van der Waals surface area contributed by atoms with E-state index in [0.717, 1.165) is 0 Å². The smallest absolute Gasteiger partial charge is 0.207 e. The average molecular weight is 201 g/mol. The monoisotopic (exact) mass is 201 g/mol. The fourth-order valence-electron chi connectivity index (χ4n) is 0.872. The summed E-state index contributed by atoms with van der Waals surface area (Å²) in [7, 11) is 0. The van der Waals surface area contributed by atoms with Crippen molar-refractivity contribution in [1.82, 2.24) is 35.6 Å². The van der Waals surface area contributed by atoms with Gasteiger partial charge in [-0.15, -0.1) is 10.2 Å². The van der Waals surface area contributed by atoms with E-state index >= 15 is 0 Å². The van der Waals surface area contributed by atoms with Crippen LogP contribution in [0.15, 0.2) is 37.1 Å². The van der Waals surface area contributed by atoms with Crippen molar-refractivity contribution in [2.24, 2.45) is 0 Å². The Morgan fingerprint density at radius 2 is 1.80 bits per heavy atom. The average Bonchev–Trinajstić information content (AvgIpc) is 2.88. The summed E-state index contributed by atoms with van der Waals surface area (Å²) in [6.45, 7) is 0. The highest BCUT2D eigenvalue weighted by molar-refractivity contribution is 5.65. The van der Waals surface area contributed by atoms with Crippen molar-refractivity contribution in [2.45, 2.75) is 0 Å². The van der Waals surface area contributed by atoms with Crippen LogP contribution in [0.4, 0.5) is 0 Å². The van der Waals surface area contributed by atoms with Gasteiger partial charge in [-0.05, 0) is 22.6 Å². The van der Waals surface area contributed by atoms with Gasteiger partial charge in [-0.2, -0.15) is 0 Å². The maximum atomic E-state index is 3.79. The summed E-state index contributed by atoms with van der Waals surface area (Å²) in [6.07, 6.45) is 6.67. The van der Waals surface area contributed by atoms with E-state index in [-0.39, 0.29) is 0 Å². The topological polar surface area (TPSA) is 93.1 Å². The van der Waals surface area contributed by atoms with E-state index in [1.54, 1.807) is 0 Å². The van der Waals surface area contributed by atoms with Gasteiger partial charge in [0.2, 0.25) is 5.65 Å². The summed E-state index contributed by atoms with van der Waals surface area (Å²) in [5.74, 6) is 0. The third kappa shape index (κ3) is 2.50. The van der Waals surface area contributed by atoms with Gasteiger partial charge in [0, 0.05) is 12.4 Å². The maximum Gasteiger partial charge on any atom is 0.207 e. The molecule has 3 aromatic rings. The Balaban J connectivity index is 0.000000144. The molecule has 0 aliphatic rings. The molecule has 0 spiro atoms. The fraction of sp³-hybridized carbons (Fsp3) is 0. The number of rotatable bonds is 0. The second-order valence-corrected chi connectivity index (χ2v) is 2.50. The zero-order valence-corrected chi connectivity index (χ0v) is 7.65. The van der Waals surface area contributed by atoms with Gasteiger partial charge in [-0.25, -0.2) is 9.97 Å². The van der Waals surface area contributed by atoms with Crippen LogP contribution in [0.5, 0.6) is 0 Å². The maximum absolute atomic E-state index is 3.79. The zero-order valence-electron chi connectivity index (χ0n) is 7.65. The summed E-state index contributed by atoms with van der Waals surface area (Å²) >= 11 is 0. The molecule has 0 radical (unpaired) electrons. The van der Waals surface area contributed by atoms with Crippen molar-refractivity contribution < 1.29 is 0 Å². The predicted molar refractivity (Wildman–Crippen MR) is 51.5 cm³/mol. The van der Waals surface area contributed by atoms with Crippen LogP contribution in [0.1, 0.15) is 0 Å². The van der Waals surface area contributed by atoms with Gasteiger partial charge >= 0.3 is 0 Å². The van der Waals surface area contributed by atoms with E-state index in [1.807, 2.05) is 24.5 Å². The fourth-order valence-corrected chi connectivity index (χ4v) is 0.872. The molecule has 0 aliphatic heterocycles. The minimum absolute atomic E-state index is 0.463. The molecule has 74 valence electrons. The van der Waals surface area contributed by atoms with Crippen molar-refractivity contribution in [3.8, 4) is 0 Å². The molecule has 3 rings (SSSR count). The van der Waals surface area contributed by atoms with Crippen LogP contribution in [-0.2, 0) is 0 Å². The molecule has 1 N–H and O–H groups in total. The molecule has 7 nitrogen and oxygen atoms in total. The van der Waals surface area contributed by atoms with Gasteiger partial charge in [-0.3, -0.25) is 0 Å². The first-order chi connectivity index (χ1) is 7.47. The van der Waals surface area contributed by atoms with Gasteiger partial charge in [0.1, 0.15) is 6.33 Å². The summed E-state index contributed by atoms with van der Waals surface area (Å²) in [6, 6.07) is 3.89. The third-order valence-electron chi connectivity index (χ3n) is 1.50. The van der Waals surface area contributed by atoms with E-state index in [4.69, 9.17) is 0 Å². The Bertz CT molecular complexity index is 424. The van der Waals surface area contributed by atoms with Crippen LogP contribution >= 0.6 is 0 Å². The van der Waals surface area contributed by atoms with Gasteiger partial charge in [0.15, 0.2) is 5.52 Å². The molecule has 15 heavy (non-hydrogen) atoms. The molecular weight excluding hydrogens is 194 g/mol. The number of hydrogen-bond donors (Lipinski definition) is 1. The summed E-state index contributed by atoms with van der Waals surface area (Å²) < 4.78 is 0. The zero-order chi connectivity index (χ0) is 10.3. The number of nitrogens with one attached hydrogen (secondary N) is 1. The summed E-state index contributed by atoms with van der Waals surface area (Å²) in [5, 5.41) is 13.9. The molecule has 0 unspecified atom stereocenters. The normalized spacial score (nSPS) is 9.33. The van der Waals surface area contributed by atoms with Crippen molar-refractivity contribution in [3.63, 3.8) is 0 Å². The van der Waals surface area contributed by atoms with Crippen molar-refractivity contribution in [1.29, 1.82) is 0 Å². The second-order valence-electron chi connectivity index (χ2n) is 2.50. The number of fused-ring (bicyclic) bond motifs is 1. The minimum atomic E-state index is 0.463. The summed E-state index contributed by atoms with van der Waals surface area (Å²) in [4.78, 5) is 10.4. The first-order valence-electron chi connectivity index (χ1n) is 4.16. The number of nitrogens with zero attached hydrogens (tertiary/aromatic N) is 6. The highest BCUT2D eigenvalue weighted by Crippen LogP contribution is 1.95. The van der Waals surface area contributed by atoms with E-state index < -0.39 is 0 Å². The van der Waals surface area contributed by atoms with Crippen LogP contribution in [0.25, 0.3) is 11.2 Å². The Morgan fingerprint density at radius 1 is 1.00 bits per heavy atom. The lowest BCUT2D eigenvalue weighted by atomic mass is 10.6. The molecule has 3 aromatic heterocycles. The quantitative estimate of drug-likeness (QED) is 0.559. The van der Waals surface area contributed by atoms with Crippen LogP contribution in [0.2, 0.25) is 0 Å². The molecule has 0 atom stereocenters. The SMILES string of the molecule is c1cc[nH]c1.c1ncc2nnnnc2n1. The molecule has 0 saturated heterocycles. The van der Waals surface area contributed by atoms with E-state index in [2.05, 4.69) is 35.6 Å². The summed E-state index contributed by atoms with van der Waals surface area (Å²) in [5.41, 5.74) is 1.02. The highest BCUT2D eigenvalue weighted by atomic mass is 15.4.